The van der Waals surface area contributed by atoms with Crippen LogP contribution in [-0.4, -0.2) is 17.9 Å². The van der Waals surface area contributed by atoms with Crippen molar-refractivity contribution in [2.75, 3.05) is 9.96 Å². The molecule has 4 aromatic rings. The second-order valence-electron chi connectivity index (χ2n) is 8.51. The molecule has 2 fully saturated rings. The minimum Gasteiger partial charge on any atom is -0.273 e. The van der Waals surface area contributed by atoms with Crippen LogP contribution in [0.25, 0.3) is 0 Å². The number of para-hydroxylation sites is 2. The van der Waals surface area contributed by atoms with Gasteiger partial charge in [0.25, 0.3) is 5.91 Å². The summed E-state index contributed by atoms with van der Waals surface area (Å²) in [5.74, 6) is -0.647. The summed E-state index contributed by atoms with van der Waals surface area (Å²) in [6.07, 6.45) is -1.01. The molecule has 5 heteroatoms. The van der Waals surface area contributed by atoms with Gasteiger partial charge in [0.15, 0.2) is 6.10 Å². The van der Waals surface area contributed by atoms with Crippen LogP contribution in [0.5, 0.6) is 0 Å². The fraction of sp³-hybridized carbons (Fsp3) is 0.103. The molecule has 0 N–H and O–H groups in total. The number of nitrogens with zero attached hydrogens (tertiary/aromatic N) is 2. The zero-order valence-electron chi connectivity index (χ0n) is 18.3. The highest BCUT2D eigenvalue weighted by molar-refractivity contribution is 6.28. The predicted molar refractivity (Wildman–Crippen MR) is 130 cm³/mol. The van der Waals surface area contributed by atoms with Crippen molar-refractivity contribution in [1.29, 1.82) is 0 Å². The van der Waals surface area contributed by atoms with Gasteiger partial charge < -0.3 is 0 Å². The number of imide groups is 1. The molecule has 34 heavy (non-hydrogen) atoms. The average molecular weight is 447 g/mol. The van der Waals surface area contributed by atoms with Gasteiger partial charge in [0.2, 0.25) is 5.91 Å². The largest absolute Gasteiger partial charge is 0.273 e. The zero-order chi connectivity index (χ0) is 23.1. The number of hydroxylamine groups is 1. The molecule has 0 aromatic heterocycles. The molecule has 4 aromatic carbocycles. The maximum Gasteiger partial charge on any atom is 0.267 e. The fourth-order valence-corrected chi connectivity index (χ4v) is 5.24. The summed E-state index contributed by atoms with van der Waals surface area (Å²) in [7, 11) is 0. The van der Waals surface area contributed by atoms with Gasteiger partial charge in [-0.25, -0.2) is 9.96 Å². The van der Waals surface area contributed by atoms with Gasteiger partial charge in [0.05, 0.1) is 11.4 Å². The van der Waals surface area contributed by atoms with E-state index in [1.807, 2.05) is 109 Å². The number of carbonyl (C=O) groups excluding carboxylic acids is 2. The van der Waals surface area contributed by atoms with Crippen molar-refractivity contribution >= 4 is 23.2 Å². The van der Waals surface area contributed by atoms with Gasteiger partial charge in [-0.05, 0) is 35.4 Å². The van der Waals surface area contributed by atoms with Gasteiger partial charge in [-0.3, -0.25) is 14.4 Å². The molecule has 2 heterocycles. The first-order valence-electron chi connectivity index (χ1n) is 11.3. The van der Waals surface area contributed by atoms with Crippen LogP contribution in [0.2, 0.25) is 0 Å². The molecule has 0 radical (unpaired) electrons. The molecule has 0 bridgehead atoms. The van der Waals surface area contributed by atoms with E-state index in [1.54, 1.807) is 17.2 Å². The molecule has 2 aliphatic rings. The Hall–Kier alpha value is -4.22. The first kappa shape index (κ1) is 20.4. The highest BCUT2D eigenvalue weighted by atomic mass is 16.7. The van der Waals surface area contributed by atoms with Crippen molar-refractivity contribution < 1.29 is 14.4 Å². The second kappa shape index (κ2) is 7.97. The molecule has 166 valence electrons. The van der Waals surface area contributed by atoms with Crippen LogP contribution in [0.3, 0.4) is 0 Å². The lowest BCUT2D eigenvalue weighted by atomic mass is 9.69. The molecule has 2 amide bonds. The minimum atomic E-state index is -1.26. The van der Waals surface area contributed by atoms with Gasteiger partial charge in [-0.1, -0.05) is 97.1 Å². The quantitative estimate of drug-likeness (QED) is 0.411. The van der Waals surface area contributed by atoms with Crippen LogP contribution in [0, 0.1) is 0 Å². The van der Waals surface area contributed by atoms with E-state index in [1.165, 1.54) is 4.90 Å². The van der Waals surface area contributed by atoms with E-state index in [2.05, 4.69) is 0 Å². The van der Waals surface area contributed by atoms with Crippen molar-refractivity contribution in [3.63, 3.8) is 0 Å². The standard InChI is InChI=1S/C29H22N2O3/c32-27-26-29(22-15-7-2-8-16-22,28(33)30(27)23-17-9-3-10-18-23)25(21-13-5-1-6-14-21)31(34-26)24-19-11-4-12-20-24/h1-20,25-26H/t25-,26-,29+/m1/s1. The Labute approximate surface area is 197 Å². The van der Waals surface area contributed by atoms with E-state index < -0.39 is 17.6 Å². The maximum atomic E-state index is 14.5. The number of fused-ring (bicyclic) bond motifs is 1. The summed E-state index contributed by atoms with van der Waals surface area (Å²) in [5, 5.41) is 1.74. The first-order valence-corrected chi connectivity index (χ1v) is 11.3. The summed E-state index contributed by atoms with van der Waals surface area (Å²) in [6.45, 7) is 0. The van der Waals surface area contributed by atoms with E-state index in [4.69, 9.17) is 4.84 Å². The SMILES string of the molecule is O=C1[C@H]2ON(c3ccccc3)[C@H](c3ccccc3)[C@]2(c2ccccc2)C(=O)N1c1ccccc1. The number of rotatable bonds is 4. The molecule has 0 unspecified atom stereocenters. The second-order valence-corrected chi connectivity index (χ2v) is 8.51. The van der Waals surface area contributed by atoms with Crippen LogP contribution in [-0.2, 0) is 19.8 Å². The molecule has 0 spiro atoms. The molecule has 0 saturated carbocycles. The van der Waals surface area contributed by atoms with E-state index in [0.29, 0.717) is 5.69 Å². The molecular weight excluding hydrogens is 424 g/mol. The van der Waals surface area contributed by atoms with Crippen LogP contribution in [0.1, 0.15) is 17.2 Å². The smallest absolute Gasteiger partial charge is 0.267 e. The molecule has 2 saturated heterocycles. The molecule has 3 atom stereocenters. The third kappa shape index (κ3) is 2.84. The van der Waals surface area contributed by atoms with Gasteiger partial charge in [-0.2, -0.15) is 0 Å². The fourth-order valence-electron chi connectivity index (χ4n) is 5.24. The number of hydrogen-bond donors (Lipinski definition) is 0. The Kier molecular flexibility index (Phi) is 4.78. The maximum absolute atomic E-state index is 14.5. The van der Waals surface area contributed by atoms with Crippen molar-refractivity contribution in [3.8, 4) is 0 Å². The Bertz CT molecular complexity index is 1330. The van der Waals surface area contributed by atoms with E-state index in [0.717, 1.165) is 16.8 Å². The minimum absolute atomic E-state index is 0.285. The summed E-state index contributed by atoms with van der Waals surface area (Å²) in [5.41, 5.74) is 1.72. The van der Waals surface area contributed by atoms with Crippen LogP contribution < -0.4 is 9.96 Å². The molecular formula is C29H22N2O3. The number of amides is 2. The number of anilines is 2. The zero-order valence-corrected chi connectivity index (χ0v) is 18.3. The van der Waals surface area contributed by atoms with Crippen LogP contribution in [0.15, 0.2) is 121 Å². The highest BCUT2D eigenvalue weighted by Crippen LogP contribution is 2.57. The Morgan fingerprint density at radius 2 is 1.12 bits per heavy atom. The third-order valence-electron chi connectivity index (χ3n) is 6.69. The normalized spacial score (nSPS) is 23.9. The lowest BCUT2D eigenvalue weighted by Crippen LogP contribution is -2.46. The lowest BCUT2D eigenvalue weighted by molar-refractivity contribution is -0.126. The molecule has 5 nitrogen and oxygen atoms in total. The van der Waals surface area contributed by atoms with Crippen LogP contribution >= 0.6 is 0 Å². The van der Waals surface area contributed by atoms with Crippen molar-refractivity contribution in [1.82, 2.24) is 0 Å². The van der Waals surface area contributed by atoms with Crippen molar-refractivity contribution in [2.45, 2.75) is 17.6 Å². The summed E-state index contributed by atoms with van der Waals surface area (Å²) < 4.78 is 0. The van der Waals surface area contributed by atoms with Crippen LogP contribution in [0.4, 0.5) is 11.4 Å². The first-order chi connectivity index (χ1) is 16.7. The molecule has 2 aliphatic heterocycles. The van der Waals surface area contributed by atoms with Crippen molar-refractivity contribution in [3.05, 3.63) is 132 Å². The van der Waals surface area contributed by atoms with Gasteiger partial charge in [0, 0.05) is 0 Å². The number of carbonyl (C=O) groups is 2. The van der Waals surface area contributed by atoms with Gasteiger partial charge in [0.1, 0.15) is 11.5 Å². The highest BCUT2D eigenvalue weighted by Gasteiger charge is 2.72. The number of hydrogen-bond acceptors (Lipinski definition) is 4. The Morgan fingerprint density at radius 1 is 0.618 bits per heavy atom. The van der Waals surface area contributed by atoms with E-state index >= 15 is 0 Å². The average Bonchev–Trinajstić information content (AvgIpc) is 3.37. The van der Waals surface area contributed by atoms with Gasteiger partial charge in [-0.15, -0.1) is 0 Å². The monoisotopic (exact) mass is 446 g/mol. The Balaban J connectivity index is 1.62. The summed E-state index contributed by atoms with van der Waals surface area (Å²) in [6, 6.07) is 37.5. The molecule has 0 aliphatic carbocycles. The lowest BCUT2D eigenvalue weighted by Gasteiger charge is -2.35. The number of benzene rings is 4. The van der Waals surface area contributed by atoms with Gasteiger partial charge >= 0.3 is 0 Å². The third-order valence-corrected chi connectivity index (χ3v) is 6.69. The summed E-state index contributed by atoms with van der Waals surface area (Å²) >= 11 is 0. The Morgan fingerprint density at radius 3 is 1.71 bits per heavy atom. The predicted octanol–water partition coefficient (Wildman–Crippen LogP) is 5.06. The van der Waals surface area contributed by atoms with Crippen molar-refractivity contribution in [2.24, 2.45) is 0 Å². The van der Waals surface area contributed by atoms with E-state index in [9.17, 15) is 9.59 Å². The van der Waals surface area contributed by atoms with E-state index in [-0.39, 0.29) is 11.8 Å². The topological polar surface area (TPSA) is 49.9 Å². The molecule has 6 rings (SSSR count). The summed E-state index contributed by atoms with van der Waals surface area (Å²) in [4.78, 5) is 36.1.